The molecule has 0 bridgehead atoms. The predicted octanol–water partition coefficient (Wildman–Crippen LogP) is 3.02. The van der Waals surface area contributed by atoms with Crippen molar-refractivity contribution in [1.82, 2.24) is 19.7 Å². The summed E-state index contributed by atoms with van der Waals surface area (Å²) in [7, 11) is 3.34. The Morgan fingerprint density at radius 1 is 1.41 bits per heavy atom. The summed E-state index contributed by atoms with van der Waals surface area (Å²) in [6.45, 7) is 1.82. The van der Waals surface area contributed by atoms with Crippen molar-refractivity contribution in [3.63, 3.8) is 0 Å². The number of hydrogen-bond acceptors (Lipinski definition) is 8. The van der Waals surface area contributed by atoms with E-state index in [9.17, 15) is 9.18 Å². The fourth-order valence-electron chi connectivity index (χ4n) is 3.64. The van der Waals surface area contributed by atoms with Gasteiger partial charge in [0.15, 0.2) is 0 Å². The molecular weight excluding hydrogens is 435 g/mol. The van der Waals surface area contributed by atoms with Crippen molar-refractivity contribution in [2.45, 2.75) is 38.1 Å². The van der Waals surface area contributed by atoms with Gasteiger partial charge in [-0.3, -0.25) is 9.48 Å². The number of carbonyl (C=O) groups is 1. The number of carbonyl (C=O) groups excluding carboxylic acids is 1. The number of alkyl halides is 1. The normalized spacial score (nSPS) is 21.2. The molecule has 4 heterocycles. The standard InChI is InChI=1S/C21H25FN6O3S/c1-11-6-12(30-3)7-24-18(11)21-27-16(10-32-21)20(29)26-15-8-25-28(2)19(15)17-5-4-14(23)13(22)9-31-17/h6-8,10,13-14,17H,4-5,9,23H2,1-3H3,(H,26,29)/t13-,14-,17+/m1/s1. The van der Waals surface area contributed by atoms with Gasteiger partial charge in [-0.2, -0.15) is 5.10 Å². The molecular formula is C21H25FN6O3S. The zero-order valence-electron chi connectivity index (χ0n) is 18.0. The third kappa shape index (κ3) is 4.50. The molecule has 0 saturated carbocycles. The third-order valence-electron chi connectivity index (χ3n) is 5.45. The van der Waals surface area contributed by atoms with Gasteiger partial charge in [-0.05, 0) is 31.4 Å². The van der Waals surface area contributed by atoms with Gasteiger partial charge in [0.25, 0.3) is 5.91 Å². The number of ether oxygens (including phenoxy) is 2. The molecule has 0 unspecified atom stereocenters. The van der Waals surface area contributed by atoms with Crippen LogP contribution in [0.5, 0.6) is 5.75 Å². The molecule has 1 amide bonds. The second kappa shape index (κ2) is 9.31. The quantitative estimate of drug-likeness (QED) is 0.601. The van der Waals surface area contributed by atoms with E-state index in [2.05, 4.69) is 20.4 Å². The minimum Gasteiger partial charge on any atom is -0.495 e. The maximum Gasteiger partial charge on any atom is 0.275 e. The average Bonchev–Trinajstić information content (AvgIpc) is 3.37. The number of halogens is 1. The van der Waals surface area contributed by atoms with Gasteiger partial charge < -0.3 is 20.5 Å². The molecule has 11 heteroatoms. The molecule has 1 aliphatic heterocycles. The Labute approximate surface area is 188 Å². The Kier molecular flexibility index (Phi) is 6.49. The first-order valence-corrected chi connectivity index (χ1v) is 11.1. The molecule has 0 spiro atoms. The van der Waals surface area contributed by atoms with E-state index in [1.165, 1.54) is 11.3 Å². The molecule has 1 fully saturated rings. The first-order valence-electron chi connectivity index (χ1n) is 10.2. The van der Waals surface area contributed by atoms with Gasteiger partial charge >= 0.3 is 0 Å². The largest absolute Gasteiger partial charge is 0.495 e. The number of nitrogens with one attached hydrogen (secondary N) is 1. The molecule has 3 N–H and O–H groups in total. The van der Waals surface area contributed by atoms with Gasteiger partial charge in [-0.15, -0.1) is 11.3 Å². The SMILES string of the molecule is COc1cnc(-c2nc(C(=O)Nc3cnn(C)c3[C@@H]3CC[C@@H](N)[C@H](F)CO3)cs2)c(C)c1. The van der Waals surface area contributed by atoms with Crippen LogP contribution in [0.1, 0.15) is 40.7 Å². The highest BCUT2D eigenvalue weighted by Gasteiger charge is 2.30. The number of anilines is 1. The van der Waals surface area contributed by atoms with E-state index in [4.69, 9.17) is 15.2 Å². The van der Waals surface area contributed by atoms with E-state index >= 15 is 0 Å². The minimum absolute atomic E-state index is 0.0892. The smallest absolute Gasteiger partial charge is 0.275 e. The summed E-state index contributed by atoms with van der Waals surface area (Å²) in [6, 6.07) is 1.31. The minimum atomic E-state index is -1.21. The molecule has 9 nitrogen and oxygen atoms in total. The maximum absolute atomic E-state index is 13.9. The Morgan fingerprint density at radius 3 is 2.97 bits per heavy atom. The highest BCUT2D eigenvalue weighted by atomic mass is 32.1. The zero-order chi connectivity index (χ0) is 22.8. The fourth-order valence-corrected chi connectivity index (χ4v) is 4.50. The van der Waals surface area contributed by atoms with Gasteiger partial charge in [0, 0.05) is 18.5 Å². The van der Waals surface area contributed by atoms with Crippen LogP contribution >= 0.6 is 11.3 Å². The Balaban J connectivity index is 1.52. The summed E-state index contributed by atoms with van der Waals surface area (Å²) >= 11 is 1.33. The number of nitrogens with two attached hydrogens (primary N) is 1. The molecule has 0 aromatic carbocycles. The van der Waals surface area contributed by atoms with Crippen molar-refractivity contribution >= 4 is 22.9 Å². The van der Waals surface area contributed by atoms with E-state index in [0.29, 0.717) is 40.7 Å². The lowest BCUT2D eigenvalue weighted by atomic mass is 10.0. The van der Waals surface area contributed by atoms with Crippen molar-refractivity contribution in [2.75, 3.05) is 19.0 Å². The number of methoxy groups -OCH3 is 1. The summed E-state index contributed by atoms with van der Waals surface area (Å²) in [4.78, 5) is 21.7. The molecule has 1 saturated heterocycles. The summed E-state index contributed by atoms with van der Waals surface area (Å²) in [5, 5.41) is 9.42. The molecule has 3 aromatic heterocycles. The fraction of sp³-hybridized carbons (Fsp3) is 0.429. The lowest BCUT2D eigenvalue weighted by Gasteiger charge is -2.17. The van der Waals surface area contributed by atoms with Gasteiger partial charge in [0.1, 0.15) is 34.4 Å². The molecule has 170 valence electrons. The van der Waals surface area contributed by atoms with Crippen LogP contribution < -0.4 is 15.8 Å². The molecule has 3 aromatic rings. The second-order valence-corrected chi connectivity index (χ2v) is 8.54. The number of nitrogens with zero attached hydrogens (tertiary/aromatic N) is 4. The highest BCUT2D eigenvalue weighted by Crippen LogP contribution is 2.33. The monoisotopic (exact) mass is 460 g/mol. The van der Waals surface area contributed by atoms with Crippen LogP contribution in [-0.4, -0.2) is 51.6 Å². The number of hydrogen-bond donors (Lipinski definition) is 2. The van der Waals surface area contributed by atoms with E-state index < -0.39 is 18.3 Å². The molecule has 32 heavy (non-hydrogen) atoms. The van der Waals surface area contributed by atoms with Crippen LogP contribution in [0.3, 0.4) is 0 Å². The Bertz CT molecular complexity index is 1100. The lowest BCUT2D eigenvalue weighted by molar-refractivity contribution is 0.0247. The van der Waals surface area contributed by atoms with Crippen molar-refractivity contribution in [3.05, 3.63) is 40.8 Å². The number of amides is 1. The highest BCUT2D eigenvalue weighted by molar-refractivity contribution is 7.13. The topological polar surface area (TPSA) is 117 Å². The zero-order valence-corrected chi connectivity index (χ0v) is 18.9. The molecule has 0 aliphatic carbocycles. The summed E-state index contributed by atoms with van der Waals surface area (Å²) in [6.07, 6.45) is 2.56. The number of thiazole rings is 1. The predicted molar refractivity (Wildman–Crippen MR) is 119 cm³/mol. The van der Waals surface area contributed by atoms with E-state index in [0.717, 1.165) is 5.56 Å². The summed E-state index contributed by atoms with van der Waals surface area (Å²) in [5.74, 6) is 0.284. The number of rotatable bonds is 5. The van der Waals surface area contributed by atoms with Gasteiger partial charge in [0.2, 0.25) is 0 Å². The number of aromatic nitrogens is 4. The van der Waals surface area contributed by atoms with Crippen LogP contribution in [0.2, 0.25) is 0 Å². The molecule has 4 rings (SSSR count). The average molecular weight is 461 g/mol. The van der Waals surface area contributed by atoms with Crippen LogP contribution in [0, 0.1) is 6.92 Å². The van der Waals surface area contributed by atoms with Crippen molar-refractivity contribution in [3.8, 4) is 16.5 Å². The number of pyridine rings is 1. The van der Waals surface area contributed by atoms with Crippen molar-refractivity contribution in [2.24, 2.45) is 12.8 Å². The van der Waals surface area contributed by atoms with Gasteiger partial charge in [0.05, 0.1) is 37.5 Å². The first kappa shape index (κ1) is 22.3. The van der Waals surface area contributed by atoms with E-state index in [1.807, 2.05) is 13.0 Å². The van der Waals surface area contributed by atoms with Crippen LogP contribution in [-0.2, 0) is 11.8 Å². The second-order valence-electron chi connectivity index (χ2n) is 7.68. The Hall–Kier alpha value is -2.89. The summed E-state index contributed by atoms with van der Waals surface area (Å²) < 4.78 is 26.5. The van der Waals surface area contributed by atoms with Crippen molar-refractivity contribution in [1.29, 1.82) is 0 Å². The van der Waals surface area contributed by atoms with Crippen LogP contribution in [0.4, 0.5) is 10.1 Å². The van der Waals surface area contributed by atoms with Gasteiger partial charge in [-0.1, -0.05) is 0 Å². The maximum atomic E-state index is 13.9. The van der Waals surface area contributed by atoms with E-state index in [1.54, 1.807) is 36.6 Å². The molecule has 0 radical (unpaired) electrons. The first-order chi connectivity index (χ1) is 15.4. The Morgan fingerprint density at radius 2 is 2.22 bits per heavy atom. The lowest BCUT2D eigenvalue weighted by Crippen LogP contribution is -2.32. The third-order valence-corrected chi connectivity index (χ3v) is 6.30. The van der Waals surface area contributed by atoms with Gasteiger partial charge in [-0.25, -0.2) is 14.4 Å². The van der Waals surface area contributed by atoms with Crippen LogP contribution in [0.25, 0.3) is 10.7 Å². The van der Waals surface area contributed by atoms with Crippen molar-refractivity contribution < 1.29 is 18.7 Å². The van der Waals surface area contributed by atoms with E-state index in [-0.39, 0.29) is 18.2 Å². The molecule has 1 aliphatic rings. The number of aryl methyl sites for hydroxylation is 2. The summed E-state index contributed by atoms with van der Waals surface area (Å²) in [5.41, 5.74) is 8.87. The molecule has 3 atom stereocenters. The van der Waals surface area contributed by atoms with Crippen LogP contribution in [0.15, 0.2) is 23.8 Å².